The number of carbonyl (C=O) groups excluding carboxylic acids is 3. The smallest absolute Gasteiger partial charge is 0.233 e. The number of imide groups is 1. The number of nitrogens with one attached hydrogen (secondary N) is 1. The summed E-state index contributed by atoms with van der Waals surface area (Å²) in [5, 5.41) is 3.11. The molecule has 1 aliphatic carbocycles. The summed E-state index contributed by atoms with van der Waals surface area (Å²) in [4.78, 5) is 39.3. The molecule has 3 amide bonds. The van der Waals surface area contributed by atoms with Gasteiger partial charge in [-0.25, -0.2) is 0 Å². The minimum absolute atomic E-state index is 0.0968. The molecule has 5 heteroatoms. The Hall–Kier alpha value is -3.21. The molecule has 0 unspecified atom stereocenters. The average molecular weight is 402 g/mol. The standard InChI is InChI=1S/C25H26N2O3/c1-17-9-5-6-12-19(17)23(18-10-3-2-4-11-18)26-22(28)15-16-27-24(29)20-13-7-8-14-21(20)25(27)30/h2-12,20-21,23H,13-16H2,1H3,(H,26,28)/t20-,21+,23-/m0/s1. The largest absolute Gasteiger partial charge is 0.345 e. The molecule has 1 fully saturated rings. The Morgan fingerprint density at radius 2 is 1.57 bits per heavy atom. The van der Waals surface area contributed by atoms with Crippen molar-refractivity contribution < 1.29 is 14.4 Å². The second kappa shape index (κ2) is 8.66. The molecule has 2 aliphatic rings. The van der Waals surface area contributed by atoms with Gasteiger partial charge in [-0.3, -0.25) is 19.3 Å². The van der Waals surface area contributed by atoms with Crippen molar-refractivity contribution in [2.75, 3.05) is 6.54 Å². The molecule has 1 N–H and O–H groups in total. The van der Waals surface area contributed by atoms with Gasteiger partial charge in [-0.15, -0.1) is 0 Å². The minimum Gasteiger partial charge on any atom is -0.345 e. The van der Waals surface area contributed by atoms with Crippen LogP contribution in [0.3, 0.4) is 0 Å². The van der Waals surface area contributed by atoms with Crippen molar-refractivity contribution in [3.05, 3.63) is 83.4 Å². The molecule has 154 valence electrons. The molecule has 2 aromatic carbocycles. The molecule has 1 saturated heterocycles. The third-order valence-electron chi connectivity index (χ3n) is 6.10. The fraction of sp³-hybridized carbons (Fsp3) is 0.320. The van der Waals surface area contributed by atoms with Gasteiger partial charge in [0.15, 0.2) is 0 Å². The summed E-state index contributed by atoms with van der Waals surface area (Å²) >= 11 is 0. The van der Waals surface area contributed by atoms with Crippen molar-refractivity contribution in [3.8, 4) is 0 Å². The summed E-state index contributed by atoms with van der Waals surface area (Å²) in [5.41, 5.74) is 3.11. The van der Waals surface area contributed by atoms with Crippen molar-refractivity contribution >= 4 is 17.7 Å². The van der Waals surface area contributed by atoms with Gasteiger partial charge in [-0.05, 0) is 36.5 Å². The van der Waals surface area contributed by atoms with E-state index in [0.717, 1.165) is 16.7 Å². The number of aryl methyl sites for hydroxylation is 1. The average Bonchev–Trinajstić information content (AvgIpc) is 3.02. The predicted octanol–water partition coefficient (Wildman–Crippen LogP) is 3.54. The van der Waals surface area contributed by atoms with Gasteiger partial charge in [-0.2, -0.15) is 0 Å². The number of allylic oxidation sites excluding steroid dienone is 2. The summed E-state index contributed by atoms with van der Waals surface area (Å²) in [6.45, 7) is 2.15. The summed E-state index contributed by atoms with van der Waals surface area (Å²) < 4.78 is 0. The van der Waals surface area contributed by atoms with E-state index in [1.54, 1.807) is 0 Å². The normalized spacial score (nSPS) is 21.4. The van der Waals surface area contributed by atoms with Crippen LogP contribution < -0.4 is 5.32 Å². The number of hydrogen-bond donors (Lipinski definition) is 1. The third kappa shape index (κ3) is 3.92. The molecule has 5 nitrogen and oxygen atoms in total. The van der Waals surface area contributed by atoms with Crippen molar-refractivity contribution in [1.82, 2.24) is 10.2 Å². The first kappa shape index (κ1) is 20.1. The fourth-order valence-electron chi connectivity index (χ4n) is 4.43. The summed E-state index contributed by atoms with van der Waals surface area (Å²) in [6.07, 6.45) is 5.26. The lowest BCUT2D eigenvalue weighted by Crippen LogP contribution is -2.36. The van der Waals surface area contributed by atoms with Crippen LogP contribution in [0.1, 0.15) is 42.0 Å². The molecule has 0 radical (unpaired) electrons. The van der Waals surface area contributed by atoms with Crippen LogP contribution in [0.4, 0.5) is 0 Å². The lowest BCUT2D eigenvalue weighted by atomic mass is 9.85. The highest BCUT2D eigenvalue weighted by Gasteiger charge is 2.46. The molecule has 2 aromatic rings. The van der Waals surface area contributed by atoms with E-state index in [9.17, 15) is 14.4 Å². The first-order valence-corrected chi connectivity index (χ1v) is 10.5. The van der Waals surface area contributed by atoms with Crippen LogP contribution in [0, 0.1) is 18.8 Å². The van der Waals surface area contributed by atoms with Gasteiger partial charge in [0.05, 0.1) is 17.9 Å². The molecular weight excluding hydrogens is 376 g/mol. The van der Waals surface area contributed by atoms with E-state index < -0.39 is 0 Å². The summed E-state index contributed by atoms with van der Waals surface area (Å²) in [7, 11) is 0. The molecule has 1 aliphatic heterocycles. The van der Waals surface area contributed by atoms with Gasteiger partial charge in [0.2, 0.25) is 17.7 Å². The van der Waals surface area contributed by atoms with Gasteiger partial charge in [-0.1, -0.05) is 66.7 Å². The monoisotopic (exact) mass is 402 g/mol. The van der Waals surface area contributed by atoms with Crippen LogP contribution in [0.2, 0.25) is 0 Å². The van der Waals surface area contributed by atoms with Crippen LogP contribution in [-0.4, -0.2) is 29.2 Å². The van der Waals surface area contributed by atoms with Crippen molar-refractivity contribution in [1.29, 1.82) is 0 Å². The van der Waals surface area contributed by atoms with E-state index in [-0.39, 0.29) is 48.6 Å². The van der Waals surface area contributed by atoms with Gasteiger partial charge in [0.25, 0.3) is 0 Å². The number of hydrogen-bond acceptors (Lipinski definition) is 3. The van der Waals surface area contributed by atoms with Crippen LogP contribution in [-0.2, 0) is 14.4 Å². The Balaban J connectivity index is 1.46. The van der Waals surface area contributed by atoms with E-state index in [1.807, 2.05) is 73.7 Å². The quantitative estimate of drug-likeness (QED) is 0.594. The van der Waals surface area contributed by atoms with Crippen molar-refractivity contribution in [2.45, 2.75) is 32.2 Å². The van der Waals surface area contributed by atoms with Crippen molar-refractivity contribution in [3.63, 3.8) is 0 Å². The second-order valence-electron chi connectivity index (χ2n) is 8.00. The molecule has 30 heavy (non-hydrogen) atoms. The zero-order chi connectivity index (χ0) is 21.1. The van der Waals surface area contributed by atoms with E-state index in [2.05, 4.69) is 5.32 Å². The zero-order valence-corrected chi connectivity index (χ0v) is 17.1. The Labute approximate surface area is 176 Å². The highest BCUT2D eigenvalue weighted by molar-refractivity contribution is 6.05. The zero-order valence-electron chi connectivity index (χ0n) is 17.1. The maximum absolute atomic E-state index is 12.8. The Morgan fingerprint density at radius 3 is 2.20 bits per heavy atom. The van der Waals surface area contributed by atoms with E-state index in [0.29, 0.717) is 12.8 Å². The molecule has 0 aromatic heterocycles. The summed E-state index contributed by atoms with van der Waals surface area (Å²) in [5.74, 6) is -0.966. The maximum atomic E-state index is 12.8. The Kier molecular flexibility index (Phi) is 5.79. The Morgan fingerprint density at radius 1 is 0.967 bits per heavy atom. The number of likely N-dealkylation sites (tertiary alicyclic amines) is 1. The number of amides is 3. The van der Waals surface area contributed by atoms with Crippen LogP contribution in [0.15, 0.2) is 66.7 Å². The molecule has 3 atom stereocenters. The summed E-state index contributed by atoms with van der Waals surface area (Å²) in [6, 6.07) is 17.5. The van der Waals surface area contributed by atoms with Crippen LogP contribution >= 0.6 is 0 Å². The number of nitrogens with zero attached hydrogens (tertiary/aromatic N) is 1. The van der Waals surface area contributed by atoms with Gasteiger partial charge in [0.1, 0.15) is 0 Å². The minimum atomic E-state index is -0.281. The highest BCUT2D eigenvalue weighted by Crippen LogP contribution is 2.35. The first-order chi connectivity index (χ1) is 14.6. The van der Waals surface area contributed by atoms with Crippen LogP contribution in [0.5, 0.6) is 0 Å². The molecule has 0 bridgehead atoms. The van der Waals surface area contributed by atoms with Crippen LogP contribution in [0.25, 0.3) is 0 Å². The molecule has 4 rings (SSSR count). The number of carbonyl (C=O) groups is 3. The van der Waals surface area contributed by atoms with Gasteiger partial charge < -0.3 is 5.32 Å². The number of rotatable bonds is 6. The fourth-order valence-corrected chi connectivity index (χ4v) is 4.43. The van der Waals surface area contributed by atoms with Gasteiger partial charge >= 0.3 is 0 Å². The van der Waals surface area contributed by atoms with E-state index in [4.69, 9.17) is 0 Å². The van der Waals surface area contributed by atoms with Gasteiger partial charge in [0, 0.05) is 13.0 Å². The number of fused-ring (bicyclic) bond motifs is 1. The SMILES string of the molecule is Cc1ccccc1[C@@H](NC(=O)CCN1C(=O)[C@H]2CC=CC[C@H]2C1=O)c1ccccc1. The highest BCUT2D eigenvalue weighted by atomic mass is 16.2. The van der Waals surface area contributed by atoms with E-state index >= 15 is 0 Å². The topological polar surface area (TPSA) is 66.5 Å². The predicted molar refractivity (Wildman–Crippen MR) is 114 cm³/mol. The van der Waals surface area contributed by atoms with E-state index in [1.165, 1.54) is 4.90 Å². The lowest BCUT2D eigenvalue weighted by Gasteiger charge is -2.22. The maximum Gasteiger partial charge on any atom is 0.233 e. The molecular formula is C25H26N2O3. The first-order valence-electron chi connectivity index (χ1n) is 10.5. The molecule has 0 saturated carbocycles. The molecule has 0 spiro atoms. The third-order valence-corrected chi connectivity index (χ3v) is 6.10. The second-order valence-corrected chi connectivity index (χ2v) is 8.00. The van der Waals surface area contributed by atoms with Crippen molar-refractivity contribution in [2.24, 2.45) is 11.8 Å². The lowest BCUT2D eigenvalue weighted by molar-refractivity contribution is -0.140. The number of benzene rings is 2. The Bertz CT molecular complexity index is 957. The molecule has 1 heterocycles.